The molecule has 1 N–H and O–H groups in total. The van der Waals surface area contributed by atoms with Gasteiger partial charge in [-0.25, -0.2) is 4.79 Å². The van der Waals surface area contributed by atoms with Gasteiger partial charge in [0.15, 0.2) is 5.82 Å². The van der Waals surface area contributed by atoms with Crippen molar-refractivity contribution in [2.24, 2.45) is 17.3 Å². The van der Waals surface area contributed by atoms with Crippen LogP contribution in [0.25, 0.3) is 0 Å². The number of rotatable bonds is 3. The number of hydrogen-bond donors (Lipinski definition) is 1. The molecule has 1 atom stereocenters. The highest BCUT2D eigenvalue weighted by molar-refractivity contribution is 7.13. The molecule has 0 bridgehead atoms. The molecule has 1 unspecified atom stereocenters. The maximum Gasteiger partial charge on any atom is 0.327 e. The molecular weight excluding hydrogens is 276 g/mol. The Kier molecular flexibility index (Phi) is 3.38. The minimum atomic E-state index is -0.200. The molecule has 7 nitrogen and oxygen atoms in total. The third kappa shape index (κ3) is 2.37. The zero-order chi connectivity index (χ0) is 13.9. The van der Waals surface area contributed by atoms with E-state index in [1.165, 1.54) is 15.9 Å². The number of hydrogen-bond acceptors (Lipinski definition) is 6. The van der Waals surface area contributed by atoms with Gasteiger partial charge in [-0.3, -0.25) is 4.57 Å². The fourth-order valence-corrected chi connectivity index (χ4v) is 2.38. The standard InChI is InChI=1S/C12H12N6OS/c1-18-10(15-17-11-16-13-7-20-11)9(14-12(18)19)8-5-3-2-4-6-8/h2-5,7-8H,6H2,1H3,(H,14,19). The average molecular weight is 288 g/mol. The van der Waals surface area contributed by atoms with Crippen molar-refractivity contribution in [3.05, 3.63) is 46.0 Å². The molecule has 2 aromatic heterocycles. The molecule has 3 rings (SSSR count). The van der Waals surface area contributed by atoms with Crippen LogP contribution < -0.4 is 5.69 Å². The summed E-state index contributed by atoms with van der Waals surface area (Å²) in [5.74, 6) is 0.632. The number of nitrogens with one attached hydrogen (secondary N) is 1. The summed E-state index contributed by atoms with van der Waals surface area (Å²) >= 11 is 1.29. The van der Waals surface area contributed by atoms with E-state index in [4.69, 9.17) is 0 Å². The van der Waals surface area contributed by atoms with Gasteiger partial charge >= 0.3 is 5.69 Å². The summed E-state index contributed by atoms with van der Waals surface area (Å²) in [6.07, 6.45) is 8.87. The maximum atomic E-state index is 11.8. The molecular formula is C12H12N6OS. The van der Waals surface area contributed by atoms with E-state index in [9.17, 15) is 4.79 Å². The summed E-state index contributed by atoms with van der Waals surface area (Å²) in [5, 5.41) is 16.1. The maximum absolute atomic E-state index is 11.8. The molecule has 1 aliphatic carbocycles. The van der Waals surface area contributed by atoms with Crippen molar-refractivity contribution in [1.82, 2.24) is 19.7 Å². The van der Waals surface area contributed by atoms with Gasteiger partial charge in [0, 0.05) is 13.0 Å². The van der Waals surface area contributed by atoms with Gasteiger partial charge in [-0.05, 0) is 6.42 Å². The van der Waals surface area contributed by atoms with E-state index in [0.717, 1.165) is 12.1 Å². The molecule has 0 aromatic carbocycles. The van der Waals surface area contributed by atoms with Crippen molar-refractivity contribution in [1.29, 1.82) is 0 Å². The zero-order valence-electron chi connectivity index (χ0n) is 10.7. The predicted molar refractivity (Wildman–Crippen MR) is 75.8 cm³/mol. The molecule has 0 aliphatic heterocycles. The normalized spacial score (nSPS) is 18.1. The van der Waals surface area contributed by atoms with Crippen LogP contribution in [0.5, 0.6) is 0 Å². The Labute approximate surface area is 118 Å². The molecule has 0 amide bonds. The fraction of sp³-hybridized carbons (Fsp3) is 0.250. The van der Waals surface area contributed by atoms with Crippen molar-refractivity contribution in [2.45, 2.75) is 12.3 Å². The number of aromatic amines is 1. The van der Waals surface area contributed by atoms with Crippen LogP contribution in [0, 0.1) is 0 Å². The van der Waals surface area contributed by atoms with E-state index in [2.05, 4.69) is 31.5 Å². The van der Waals surface area contributed by atoms with E-state index in [-0.39, 0.29) is 11.6 Å². The van der Waals surface area contributed by atoms with Crippen molar-refractivity contribution >= 4 is 22.3 Å². The second kappa shape index (κ2) is 5.33. The molecule has 0 radical (unpaired) electrons. The van der Waals surface area contributed by atoms with Gasteiger partial charge in [0.2, 0.25) is 0 Å². The van der Waals surface area contributed by atoms with Crippen molar-refractivity contribution < 1.29 is 0 Å². The number of H-pyrrole nitrogens is 1. The molecule has 0 saturated carbocycles. The lowest BCUT2D eigenvalue weighted by atomic mass is 9.97. The highest BCUT2D eigenvalue weighted by Gasteiger charge is 2.19. The Bertz CT molecular complexity index is 737. The van der Waals surface area contributed by atoms with Gasteiger partial charge in [-0.1, -0.05) is 35.6 Å². The van der Waals surface area contributed by atoms with E-state index >= 15 is 0 Å². The third-order valence-corrected chi connectivity index (χ3v) is 3.61. The van der Waals surface area contributed by atoms with Gasteiger partial charge in [-0.2, -0.15) is 0 Å². The topological polar surface area (TPSA) is 88.3 Å². The first-order valence-corrected chi connectivity index (χ1v) is 6.94. The molecule has 0 saturated heterocycles. The Morgan fingerprint density at radius 3 is 3.05 bits per heavy atom. The van der Waals surface area contributed by atoms with Crippen molar-refractivity contribution in [3.63, 3.8) is 0 Å². The summed E-state index contributed by atoms with van der Waals surface area (Å²) in [6.45, 7) is 0. The van der Waals surface area contributed by atoms with Crippen LogP contribution in [0.1, 0.15) is 18.0 Å². The van der Waals surface area contributed by atoms with Crippen LogP contribution in [-0.2, 0) is 7.05 Å². The lowest BCUT2D eigenvalue weighted by Gasteiger charge is -2.11. The van der Waals surface area contributed by atoms with Gasteiger partial charge < -0.3 is 4.98 Å². The van der Waals surface area contributed by atoms with Gasteiger partial charge in [-0.15, -0.1) is 20.4 Å². The monoisotopic (exact) mass is 288 g/mol. The summed E-state index contributed by atoms with van der Waals surface area (Å²) in [7, 11) is 1.67. The van der Waals surface area contributed by atoms with Crippen LogP contribution in [0.3, 0.4) is 0 Å². The van der Waals surface area contributed by atoms with E-state index in [1.807, 2.05) is 18.2 Å². The van der Waals surface area contributed by atoms with Crippen LogP contribution in [-0.4, -0.2) is 19.7 Å². The summed E-state index contributed by atoms with van der Waals surface area (Å²) in [5.41, 5.74) is 2.15. The van der Waals surface area contributed by atoms with Crippen LogP contribution in [0.4, 0.5) is 10.9 Å². The minimum Gasteiger partial charge on any atom is -0.307 e. The SMILES string of the molecule is Cn1c(N=Nc2nncs2)c(C2C=CC=CC2)[nH]c1=O. The Hall–Kier alpha value is -2.35. The quantitative estimate of drug-likeness (QED) is 0.880. The van der Waals surface area contributed by atoms with E-state index < -0.39 is 0 Å². The molecule has 8 heteroatoms. The number of nitrogens with zero attached hydrogens (tertiary/aromatic N) is 5. The Morgan fingerprint density at radius 1 is 1.45 bits per heavy atom. The van der Waals surface area contributed by atoms with Crippen LogP contribution >= 0.6 is 11.3 Å². The summed E-state index contributed by atoms with van der Waals surface area (Å²) in [6, 6.07) is 0. The van der Waals surface area contributed by atoms with Crippen molar-refractivity contribution in [3.8, 4) is 0 Å². The first-order chi connectivity index (χ1) is 9.75. The first kappa shape index (κ1) is 12.7. The Balaban J connectivity index is 1.99. The van der Waals surface area contributed by atoms with E-state index in [0.29, 0.717) is 10.9 Å². The number of aromatic nitrogens is 4. The van der Waals surface area contributed by atoms with Crippen LogP contribution in [0.2, 0.25) is 0 Å². The van der Waals surface area contributed by atoms with Crippen molar-refractivity contribution in [2.75, 3.05) is 0 Å². The fourth-order valence-electron chi connectivity index (χ4n) is 2.01. The number of allylic oxidation sites excluding steroid dienone is 4. The van der Waals surface area contributed by atoms with E-state index in [1.54, 1.807) is 12.6 Å². The second-order valence-corrected chi connectivity index (χ2v) is 5.11. The predicted octanol–water partition coefficient (Wildman–Crippen LogP) is 2.58. The number of imidazole rings is 1. The molecule has 2 heterocycles. The lowest BCUT2D eigenvalue weighted by molar-refractivity contribution is 0.817. The zero-order valence-corrected chi connectivity index (χ0v) is 11.5. The highest BCUT2D eigenvalue weighted by Crippen LogP contribution is 2.30. The summed E-state index contributed by atoms with van der Waals surface area (Å²) < 4.78 is 1.45. The summed E-state index contributed by atoms with van der Waals surface area (Å²) in [4.78, 5) is 14.7. The largest absolute Gasteiger partial charge is 0.327 e. The van der Waals surface area contributed by atoms with Gasteiger partial charge in [0.1, 0.15) is 5.51 Å². The minimum absolute atomic E-state index is 0.109. The third-order valence-electron chi connectivity index (χ3n) is 3.04. The molecule has 0 spiro atoms. The first-order valence-electron chi connectivity index (χ1n) is 6.06. The smallest absolute Gasteiger partial charge is 0.307 e. The van der Waals surface area contributed by atoms with Gasteiger partial charge in [0.05, 0.1) is 5.69 Å². The van der Waals surface area contributed by atoms with Crippen LogP contribution in [0.15, 0.2) is 44.8 Å². The Morgan fingerprint density at radius 2 is 2.35 bits per heavy atom. The lowest BCUT2D eigenvalue weighted by Crippen LogP contribution is -2.12. The molecule has 102 valence electrons. The average Bonchev–Trinajstić information content (AvgIpc) is 3.08. The molecule has 0 fully saturated rings. The van der Waals surface area contributed by atoms with Gasteiger partial charge in [0.25, 0.3) is 5.13 Å². The second-order valence-electron chi connectivity index (χ2n) is 4.30. The molecule has 2 aromatic rings. The highest BCUT2D eigenvalue weighted by atomic mass is 32.1. The molecule has 1 aliphatic rings. The molecule has 20 heavy (non-hydrogen) atoms. The number of azo groups is 1.